The van der Waals surface area contributed by atoms with Crippen LogP contribution in [0.5, 0.6) is 5.75 Å². The summed E-state index contributed by atoms with van der Waals surface area (Å²) in [6.07, 6.45) is 0.636. The average molecular weight is 366 g/mol. The Morgan fingerprint density at radius 3 is 2.27 bits per heavy atom. The van der Waals surface area contributed by atoms with Gasteiger partial charge in [0, 0.05) is 18.8 Å². The summed E-state index contributed by atoms with van der Waals surface area (Å²) in [5, 5.41) is 20.5. The number of carboxylic acid groups (broad SMARTS) is 1. The fourth-order valence-corrected chi connectivity index (χ4v) is 2.67. The lowest BCUT2D eigenvalue weighted by atomic mass is 9.93. The van der Waals surface area contributed by atoms with Crippen molar-refractivity contribution in [3.05, 3.63) is 29.8 Å². The fraction of sp³-hybridized carbons (Fsp3) is 0.500. The summed E-state index contributed by atoms with van der Waals surface area (Å²) in [6, 6.07) is 5.91. The molecule has 4 N–H and O–H groups in total. The number of rotatable bonds is 10. The van der Waals surface area contributed by atoms with Crippen LogP contribution < -0.4 is 15.5 Å². The van der Waals surface area contributed by atoms with Crippen molar-refractivity contribution in [2.75, 3.05) is 7.11 Å². The van der Waals surface area contributed by atoms with Gasteiger partial charge >= 0.3 is 5.97 Å². The van der Waals surface area contributed by atoms with Crippen molar-refractivity contribution in [1.29, 1.82) is 0 Å². The van der Waals surface area contributed by atoms with E-state index < -0.39 is 23.8 Å². The molecule has 0 aliphatic heterocycles. The number of methoxy groups -OCH3 is 1. The first-order chi connectivity index (χ1) is 12.3. The molecule has 0 aliphatic rings. The van der Waals surface area contributed by atoms with Gasteiger partial charge in [-0.25, -0.2) is 10.3 Å². The van der Waals surface area contributed by atoms with E-state index in [1.54, 1.807) is 50.7 Å². The molecule has 1 aromatic rings. The molecule has 0 spiro atoms. The number of carbonyl (C=O) groups excluding carboxylic acids is 2. The number of hydroxylamine groups is 1. The normalized spacial score (nSPS) is 14.0. The number of hydrogen-bond donors (Lipinski definition) is 4. The van der Waals surface area contributed by atoms with Gasteiger partial charge in [0.15, 0.2) is 0 Å². The summed E-state index contributed by atoms with van der Waals surface area (Å²) in [6.45, 7) is 3.46. The number of amides is 2. The summed E-state index contributed by atoms with van der Waals surface area (Å²) in [4.78, 5) is 34.9. The molecular weight excluding hydrogens is 340 g/mol. The van der Waals surface area contributed by atoms with Crippen molar-refractivity contribution in [3.8, 4) is 5.75 Å². The van der Waals surface area contributed by atoms with Crippen molar-refractivity contribution >= 4 is 17.8 Å². The molecule has 1 aromatic carbocycles. The summed E-state index contributed by atoms with van der Waals surface area (Å²) in [7, 11) is 1.54. The molecule has 3 unspecified atom stereocenters. The van der Waals surface area contributed by atoms with Crippen molar-refractivity contribution < 1.29 is 29.4 Å². The monoisotopic (exact) mass is 366 g/mol. The molecule has 8 nitrogen and oxygen atoms in total. The van der Waals surface area contributed by atoms with Crippen LogP contribution in [0.2, 0.25) is 0 Å². The zero-order valence-electron chi connectivity index (χ0n) is 15.2. The zero-order valence-corrected chi connectivity index (χ0v) is 15.2. The van der Waals surface area contributed by atoms with Crippen LogP contribution in [0.3, 0.4) is 0 Å². The highest BCUT2D eigenvalue weighted by molar-refractivity contribution is 5.85. The lowest BCUT2D eigenvalue weighted by Crippen LogP contribution is -2.44. The van der Waals surface area contributed by atoms with E-state index >= 15 is 0 Å². The maximum absolute atomic E-state index is 12.3. The van der Waals surface area contributed by atoms with Crippen LogP contribution in [0.4, 0.5) is 0 Å². The Balaban J connectivity index is 2.63. The van der Waals surface area contributed by atoms with E-state index in [0.29, 0.717) is 12.2 Å². The Morgan fingerprint density at radius 1 is 1.15 bits per heavy atom. The van der Waals surface area contributed by atoms with Gasteiger partial charge in [0.1, 0.15) is 11.8 Å². The van der Waals surface area contributed by atoms with Gasteiger partial charge in [0.2, 0.25) is 11.8 Å². The first kappa shape index (κ1) is 21.4. The third-order valence-corrected chi connectivity index (χ3v) is 4.08. The number of nitrogens with one attached hydrogen (secondary N) is 2. The second-order valence-electron chi connectivity index (χ2n) is 6.43. The predicted molar refractivity (Wildman–Crippen MR) is 93.8 cm³/mol. The van der Waals surface area contributed by atoms with Gasteiger partial charge < -0.3 is 15.2 Å². The van der Waals surface area contributed by atoms with E-state index in [1.807, 2.05) is 0 Å². The number of carboxylic acids is 1. The molecule has 0 aliphatic carbocycles. The van der Waals surface area contributed by atoms with Gasteiger partial charge in [-0.05, 0) is 30.0 Å². The molecular formula is C18H26N2O6. The Bertz CT molecular complexity index is 617. The summed E-state index contributed by atoms with van der Waals surface area (Å²) in [5.74, 6) is -1.95. The summed E-state index contributed by atoms with van der Waals surface area (Å²) >= 11 is 0. The second kappa shape index (κ2) is 10.4. The first-order valence-electron chi connectivity index (χ1n) is 8.35. The van der Waals surface area contributed by atoms with Crippen molar-refractivity contribution in [2.24, 2.45) is 11.8 Å². The highest BCUT2D eigenvalue weighted by atomic mass is 16.5. The molecule has 26 heavy (non-hydrogen) atoms. The van der Waals surface area contributed by atoms with Crippen LogP contribution in [0.15, 0.2) is 24.3 Å². The van der Waals surface area contributed by atoms with Crippen LogP contribution in [-0.4, -0.2) is 41.2 Å². The van der Waals surface area contributed by atoms with E-state index in [0.717, 1.165) is 5.56 Å². The maximum Gasteiger partial charge on any atom is 0.326 e. The molecule has 0 fully saturated rings. The van der Waals surface area contributed by atoms with Gasteiger partial charge in [-0.2, -0.15) is 0 Å². The fourth-order valence-electron chi connectivity index (χ4n) is 2.67. The first-order valence-corrected chi connectivity index (χ1v) is 8.35. The molecule has 3 atom stereocenters. The molecule has 8 heteroatoms. The third-order valence-electron chi connectivity index (χ3n) is 4.08. The standard InChI is InChI=1S/C18H26N2O6/c1-11(9-16(21)20-25)8-12(2)17(22)19-15(18(23)24)10-13-4-6-14(26-3)7-5-13/h4-7,11-12,15,25H,8-10H2,1-3H3,(H,19,22)(H,20,21)(H,23,24). The minimum absolute atomic E-state index is 0.0856. The average Bonchev–Trinajstić information content (AvgIpc) is 2.61. The molecule has 0 saturated heterocycles. The van der Waals surface area contributed by atoms with Crippen molar-refractivity contribution in [3.63, 3.8) is 0 Å². The summed E-state index contributed by atoms with van der Waals surface area (Å²) in [5.41, 5.74) is 2.32. The zero-order chi connectivity index (χ0) is 19.7. The largest absolute Gasteiger partial charge is 0.497 e. The van der Waals surface area contributed by atoms with E-state index in [2.05, 4.69) is 5.32 Å². The lowest BCUT2D eigenvalue weighted by molar-refractivity contribution is -0.142. The Morgan fingerprint density at radius 2 is 1.77 bits per heavy atom. The van der Waals surface area contributed by atoms with Gasteiger partial charge in [-0.1, -0.05) is 26.0 Å². The van der Waals surface area contributed by atoms with Crippen molar-refractivity contribution in [2.45, 2.75) is 39.2 Å². The third kappa shape index (κ3) is 7.10. The smallest absolute Gasteiger partial charge is 0.326 e. The second-order valence-corrected chi connectivity index (χ2v) is 6.43. The Labute approximate surface area is 152 Å². The number of hydrogen-bond acceptors (Lipinski definition) is 5. The van der Waals surface area contributed by atoms with E-state index in [9.17, 15) is 19.5 Å². The SMILES string of the molecule is COc1ccc(CC(NC(=O)C(C)CC(C)CC(=O)NO)C(=O)O)cc1. The number of benzene rings is 1. The van der Waals surface area contributed by atoms with Crippen molar-refractivity contribution in [1.82, 2.24) is 10.8 Å². The van der Waals surface area contributed by atoms with Gasteiger partial charge in [0.05, 0.1) is 7.11 Å². The number of ether oxygens (including phenoxy) is 1. The van der Waals surface area contributed by atoms with E-state index in [1.165, 1.54) is 0 Å². The predicted octanol–water partition coefficient (Wildman–Crippen LogP) is 1.36. The molecule has 0 heterocycles. The number of aliphatic carboxylic acids is 1. The van der Waals surface area contributed by atoms with Crippen LogP contribution in [0.25, 0.3) is 0 Å². The molecule has 144 valence electrons. The molecule has 0 bridgehead atoms. The Hall–Kier alpha value is -2.61. The molecule has 0 aromatic heterocycles. The van der Waals surface area contributed by atoms with Gasteiger partial charge in [0.25, 0.3) is 0 Å². The van der Waals surface area contributed by atoms with E-state index in [-0.39, 0.29) is 24.7 Å². The molecule has 0 radical (unpaired) electrons. The van der Waals surface area contributed by atoms with Crippen LogP contribution in [0.1, 0.15) is 32.3 Å². The van der Waals surface area contributed by atoms with Gasteiger partial charge in [-0.15, -0.1) is 0 Å². The van der Waals surface area contributed by atoms with Crippen LogP contribution >= 0.6 is 0 Å². The van der Waals surface area contributed by atoms with Gasteiger partial charge in [-0.3, -0.25) is 14.8 Å². The summed E-state index contributed by atoms with van der Waals surface area (Å²) < 4.78 is 5.06. The highest BCUT2D eigenvalue weighted by Crippen LogP contribution is 2.16. The minimum atomic E-state index is -1.12. The van der Waals surface area contributed by atoms with Crippen LogP contribution in [0, 0.1) is 11.8 Å². The lowest BCUT2D eigenvalue weighted by Gasteiger charge is -2.20. The topological polar surface area (TPSA) is 125 Å². The maximum atomic E-state index is 12.3. The highest BCUT2D eigenvalue weighted by Gasteiger charge is 2.24. The van der Waals surface area contributed by atoms with E-state index in [4.69, 9.17) is 9.94 Å². The minimum Gasteiger partial charge on any atom is -0.497 e. The molecule has 0 saturated carbocycles. The molecule has 1 rings (SSSR count). The molecule has 2 amide bonds. The quantitative estimate of drug-likeness (QED) is 0.366. The van der Waals surface area contributed by atoms with Crippen LogP contribution in [-0.2, 0) is 20.8 Å². The number of carbonyl (C=O) groups is 3. The Kier molecular flexibility index (Phi) is 8.57.